The van der Waals surface area contributed by atoms with Crippen molar-refractivity contribution in [2.45, 2.75) is 62.7 Å². The molecule has 96 valence electrons. The van der Waals surface area contributed by atoms with Crippen LogP contribution >= 0.6 is 0 Å². The molecular formula is C13H23N3O. The molecule has 0 aromatic rings. The van der Waals surface area contributed by atoms with Crippen LogP contribution in [0.2, 0.25) is 0 Å². The Morgan fingerprint density at radius 1 is 1.12 bits per heavy atom. The van der Waals surface area contributed by atoms with Crippen LogP contribution in [-0.4, -0.2) is 48.6 Å². The van der Waals surface area contributed by atoms with Crippen molar-refractivity contribution in [1.82, 2.24) is 15.5 Å². The molecule has 3 rings (SSSR count). The number of amides is 1. The molecule has 2 unspecified atom stereocenters. The SMILES string of the molecule is CNC1CC2CCC(C1)N2CC(=O)NC1CC1. The van der Waals surface area contributed by atoms with E-state index < -0.39 is 0 Å². The van der Waals surface area contributed by atoms with Crippen molar-refractivity contribution in [3.63, 3.8) is 0 Å². The highest BCUT2D eigenvalue weighted by molar-refractivity contribution is 5.78. The predicted molar refractivity (Wildman–Crippen MR) is 66.8 cm³/mol. The predicted octanol–water partition coefficient (Wildman–Crippen LogP) is 0.480. The van der Waals surface area contributed by atoms with Crippen molar-refractivity contribution in [1.29, 1.82) is 0 Å². The number of nitrogens with zero attached hydrogens (tertiary/aromatic N) is 1. The maximum Gasteiger partial charge on any atom is 0.234 e. The van der Waals surface area contributed by atoms with Gasteiger partial charge in [0.05, 0.1) is 6.54 Å². The molecule has 2 aliphatic heterocycles. The lowest BCUT2D eigenvalue weighted by Gasteiger charge is -2.38. The van der Waals surface area contributed by atoms with Gasteiger partial charge in [-0.15, -0.1) is 0 Å². The Hall–Kier alpha value is -0.610. The molecule has 1 aliphatic carbocycles. The first-order valence-electron chi connectivity index (χ1n) is 6.98. The Balaban J connectivity index is 1.55. The largest absolute Gasteiger partial charge is 0.352 e. The molecule has 2 atom stereocenters. The third kappa shape index (κ3) is 2.47. The first-order valence-corrected chi connectivity index (χ1v) is 6.98. The van der Waals surface area contributed by atoms with Crippen molar-refractivity contribution in [3.8, 4) is 0 Å². The van der Waals surface area contributed by atoms with Crippen LogP contribution in [0.25, 0.3) is 0 Å². The molecule has 2 heterocycles. The zero-order valence-electron chi connectivity index (χ0n) is 10.6. The second-order valence-electron chi connectivity index (χ2n) is 5.86. The van der Waals surface area contributed by atoms with Crippen LogP contribution < -0.4 is 10.6 Å². The van der Waals surface area contributed by atoms with Gasteiger partial charge in [-0.25, -0.2) is 0 Å². The Morgan fingerprint density at radius 2 is 1.76 bits per heavy atom. The number of carbonyl (C=O) groups is 1. The standard InChI is InChI=1S/C13H23N3O/c1-14-10-6-11-4-5-12(7-10)16(11)8-13(17)15-9-2-3-9/h9-12,14H,2-8H2,1H3,(H,15,17). The molecular weight excluding hydrogens is 214 g/mol. The lowest BCUT2D eigenvalue weighted by molar-refractivity contribution is -0.123. The Bertz CT molecular complexity index is 289. The average Bonchev–Trinajstić information content (AvgIpc) is 3.08. The average molecular weight is 237 g/mol. The maximum absolute atomic E-state index is 11.9. The van der Waals surface area contributed by atoms with Gasteiger partial charge >= 0.3 is 0 Å². The van der Waals surface area contributed by atoms with Gasteiger partial charge in [0.25, 0.3) is 0 Å². The normalized spacial score (nSPS) is 37.1. The van der Waals surface area contributed by atoms with E-state index in [1.54, 1.807) is 0 Å². The van der Waals surface area contributed by atoms with Gasteiger partial charge < -0.3 is 10.6 Å². The molecule has 0 aromatic carbocycles. The quantitative estimate of drug-likeness (QED) is 0.747. The first-order chi connectivity index (χ1) is 8.26. The van der Waals surface area contributed by atoms with E-state index in [-0.39, 0.29) is 5.91 Å². The molecule has 4 nitrogen and oxygen atoms in total. The highest BCUT2D eigenvalue weighted by Gasteiger charge is 2.41. The first kappa shape index (κ1) is 11.5. The molecule has 2 saturated heterocycles. The minimum absolute atomic E-state index is 0.243. The highest BCUT2D eigenvalue weighted by Crippen LogP contribution is 2.35. The number of nitrogens with one attached hydrogen (secondary N) is 2. The summed E-state index contributed by atoms with van der Waals surface area (Å²) in [7, 11) is 2.06. The second kappa shape index (κ2) is 4.58. The van der Waals surface area contributed by atoms with Crippen LogP contribution in [0.1, 0.15) is 38.5 Å². The van der Waals surface area contributed by atoms with Crippen LogP contribution in [-0.2, 0) is 4.79 Å². The molecule has 1 amide bonds. The van der Waals surface area contributed by atoms with E-state index in [2.05, 4.69) is 22.6 Å². The van der Waals surface area contributed by atoms with E-state index in [1.807, 2.05) is 0 Å². The number of hydrogen-bond acceptors (Lipinski definition) is 3. The van der Waals surface area contributed by atoms with Crippen molar-refractivity contribution in [3.05, 3.63) is 0 Å². The summed E-state index contributed by atoms with van der Waals surface area (Å²) in [4.78, 5) is 14.3. The van der Waals surface area contributed by atoms with Gasteiger partial charge in [-0.05, 0) is 45.6 Å². The fourth-order valence-corrected chi connectivity index (χ4v) is 3.43. The summed E-state index contributed by atoms with van der Waals surface area (Å²) >= 11 is 0. The van der Waals surface area contributed by atoms with Crippen molar-refractivity contribution in [2.24, 2.45) is 0 Å². The molecule has 17 heavy (non-hydrogen) atoms. The maximum atomic E-state index is 11.9. The monoisotopic (exact) mass is 237 g/mol. The zero-order chi connectivity index (χ0) is 11.8. The minimum Gasteiger partial charge on any atom is -0.352 e. The Kier molecular flexibility index (Phi) is 3.09. The van der Waals surface area contributed by atoms with E-state index in [9.17, 15) is 4.79 Å². The lowest BCUT2D eigenvalue weighted by Crippen LogP contribution is -2.51. The van der Waals surface area contributed by atoms with Crippen molar-refractivity contribution < 1.29 is 4.79 Å². The van der Waals surface area contributed by atoms with E-state index in [0.717, 1.165) is 0 Å². The van der Waals surface area contributed by atoms with Crippen molar-refractivity contribution >= 4 is 5.91 Å². The molecule has 2 N–H and O–H groups in total. The van der Waals surface area contributed by atoms with E-state index in [1.165, 1.54) is 38.5 Å². The van der Waals surface area contributed by atoms with E-state index in [0.29, 0.717) is 30.7 Å². The molecule has 0 aromatic heterocycles. The Morgan fingerprint density at radius 3 is 2.29 bits per heavy atom. The summed E-state index contributed by atoms with van der Waals surface area (Å²) < 4.78 is 0. The van der Waals surface area contributed by atoms with Gasteiger partial charge in [-0.2, -0.15) is 0 Å². The molecule has 3 fully saturated rings. The van der Waals surface area contributed by atoms with Crippen molar-refractivity contribution in [2.75, 3.05) is 13.6 Å². The topological polar surface area (TPSA) is 44.4 Å². The fourth-order valence-electron chi connectivity index (χ4n) is 3.43. The number of fused-ring (bicyclic) bond motifs is 2. The molecule has 1 saturated carbocycles. The van der Waals surface area contributed by atoms with Gasteiger partial charge in [-0.3, -0.25) is 9.69 Å². The smallest absolute Gasteiger partial charge is 0.234 e. The number of piperidine rings is 1. The summed E-state index contributed by atoms with van der Waals surface area (Å²) in [6.45, 7) is 0.627. The van der Waals surface area contributed by atoms with E-state index >= 15 is 0 Å². The Labute approximate surface area is 103 Å². The van der Waals surface area contributed by atoms with Gasteiger partial charge in [-0.1, -0.05) is 0 Å². The molecule has 2 bridgehead atoms. The fraction of sp³-hybridized carbons (Fsp3) is 0.923. The molecule has 0 spiro atoms. The number of rotatable bonds is 4. The number of carbonyl (C=O) groups excluding carboxylic acids is 1. The third-order valence-corrected chi connectivity index (χ3v) is 4.56. The molecule has 0 radical (unpaired) electrons. The zero-order valence-corrected chi connectivity index (χ0v) is 10.6. The van der Waals surface area contributed by atoms with Crippen LogP contribution in [0, 0.1) is 0 Å². The summed E-state index contributed by atoms with van der Waals surface area (Å²) in [5.74, 6) is 0.243. The summed E-state index contributed by atoms with van der Waals surface area (Å²) in [5, 5.41) is 6.49. The van der Waals surface area contributed by atoms with Crippen LogP contribution in [0.5, 0.6) is 0 Å². The van der Waals surface area contributed by atoms with Crippen LogP contribution in [0.3, 0.4) is 0 Å². The van der Waals surface area contributed by atoms with Crippen LogP contribution in [0.4, 0.5) is 0 Å². The summed E-state index contributed by atoms with van der Waals surface area (Å²) in [6.07, 6.45) is 7.34. The summed E-state index contributed by atoms with van der Waals surface area (Å²) in [6, 6.07) is 2.43. The lowest BCUT2D eigenvalue weighted by atomic mass is 9.97. The van der Waals surface area contributed by atoms with Gasteiger partial charge in [0.15, 0.2) is 0 Å². The minimum atomic E-state index is 0.243. The second-order valence-corrected chi connectivity index (χ2v) is 5.86. The molecule has 4 heteroatoms. The van der Waals surface area contributed by atoms with E-state index in [4.69, 9.17) is 0 Å². The summed E-state index contributed by atoms with van der Waals surface area (Å²) in [5.41, 5.74) is 0. The number of hydrogen-bond donors (Lipinski definition) is 2. The molecule has 3 aliphatic rings. The third-order valence-electron chi connectivity index (χ3n) is 4.56. The van der Waals surface area contributed by atoms with Gasteiger partial charge in [0.2, 0.25) is 5.91 Å². The van der Waals surface area contributed by atoms with Gasteiger partial charge in [0.1, 0.15) is 0 Å². The highest BCUT2D eigenvalue weighted by atomic mass is 16.2. The van der Waals surface area contributed by atoms with Crippen LogP contribution in [0.15, 0.2) is 0 Å². The van der Waals surface area contributed by atoms with Gasteiger partial charge in [0, 0.05) is 24.2 Å².